The Labute approximate surface area is 204 Å². The van der Waals surface area contributed by atoms with Crippen LogP contribution in [0.3, 0.4) is 0 Å². The van der Waals surface area contributed by atoms with Crippen LogP contribution in [0.1, 0.15) is 32.9 Å². The van der Waals surface area contributed by atoms with E-state index in [1.165, 1.54) is 12.1 Å². The Bertz CT molecular complexity index is 1380. The minimum atomic E-state index is -4.96. The fraction of sp³-hybridized carbons (Fsp3) is 0.167. The lowest BCUT2D eigenvalue weighted by atomic mass is 9.84. The Morgan fingerprint density at radius 1 is 0.919 bits per heavy atom. The number of hydrogen-bond acceptors (Lipinski definition) is 6. The summed E-state index contributed by atoms with van der Waals surface area (Å²) >= 11 is 0. The third kappa shape index (κ3) is 5.03. The average molecular weight is 523 g/mol. The number of alkyl halides is 6. The number of ether oxygens (including phenoxy) is 1. The third-order valence-corrected chi connectivity index (χ3v) is 5.43. The van der Waals surface area contributed by atoms with Crippen LogP contribution >= 0.6 is 0 Å². The SMILES string of the molecule is Cc1ccc(C2(O)C(=O)NC(c3ccc(OC(F)(F)F)cc3)=C2C(=O)c2ccc(C(F)(F)F)cc2)nn1. The van der Waals surface area contributed by atoms with Crippen LogP contribution in [0.25, 0.3) is 5.70 Å². The molecule has 1 aliphatic heterocycles. The molecule has 7 nitrogen and oxygen atoms in total. The lowest BCUT2D eigenvalue weighted by Gasteiger charge is -2.22. The Morgan fingerprint density at radius 2 is 1.54 bits per heavy atom. The van der Waals surface area contributed by atoms with Crippen LogP contribution < -0.4 is 10.1 Å². The smallest absolute Gasteiger partial charge is 0.406 e. The van der Waals surface area contributed by atoms with E-state index < -0.39 is 46.7 Å². The molecule has 0 spiro atoms. The number of benzene rings is 2. The number of aromatic nitrogens is 2. The average Bonchev–Trinajstić information content (AvgIpc) is 3.09. The van der Waals surface area contributed by atoms with Crippen molar-refractivity contribution in [2.24, 2.45) is 0 Å². The number of rotatable bonds is 5. The molecule has 0 aliphatic carbocycles. The number of halogens is 6. The largest absolute Gasteiger partial charge is 0.573 e. The first-order valence-electron chi connectivity index (χ1n) is 10.4. The van der Waals surface area contributed by atoms with Gasteiger partial charge in [0.15, 0.2) is 5.78 Å². The standard InChI is InChI=1S/C24H15F6N3O4/c1-12-2-11-17(33-32-12)22(36)18(20(34)14-3-7-15(8-4-14)23(25,26)27)19(31-21(22)35)13-5-9-16(10-6-13)37-24(28,29)30/h2-11,36H,1H3,(H,31,35). The Hall–Kier alpha value is -4.26. The van der Waals surface area contributed by atoms with E-state index in [-0.39, 0.29) is 22.5 Å². The summed E-state index contributed by atoms with van der Waals surface area (Å²) < 4.78 is 80.3. The second kappa shape index (κ2) is 9.00. The molecule has 0 saturated heterocycles. The number of amides is 1. The number of hydrogen-bond donors (Lipinski definition) is 2. The van der Waals surface area contributed by atoms with Gasteiger partial charge in [0.2, 0.25) is 5.60 Å². The zero-order chi connectivity index (χ0) is 27.2. The van der Waals surface area contributed by atoms with E-state index in [9.17, 15) is 41.0 Å². The predicted molar refractivity (Wildman–Crippen MR) is 115 cm³/mol. The molecule has 37 heavy (non-hydrogen) atoms. The van der Waals surface area contributed by atoms with Gasteiger partial charge in [0.25, 0.3) is 5.91 Å². The van der Waals surface area contributed by atoms with Gasteiger partial charge in [-0.25, -0.2) is 0 Å². The lowest BCUT2D eigenvalue weighted by molar-refractivity contribution is -0.274. The highest BCUT2D eigenvalue weighted by atomic mass is 19.4. The molecular weight excluding hydrogens is 508 g/mol. The fourth-order valence-electron chi connectivity index (χ4n) is 3.67. The van der Waals surface area contributed by atoms with Crippen molar-refractivity contribution in [3.05, 3.63) is 94.3 Å². The van der Waals surface area contributed by atoms with Crippen LogP contribution in [0.15, 0.2) is 66.2 Å². The molecule has 1 aliphatic rings. The van der Waals surface area contributed by atoms with Crippen LogP contribution in [0.4, 0.5) is 26.3 Å². The van der Waals surface area contributed by atoms with Gasteiger partial charge in [0.05, 0.1) is 22.5 Å². The number of aliphatic hydroxyl groups is 1. The van der Waals surface area contributed by atoms with Gasteiger partial charge in [-0.1, -0.05) is 12.1 Å². The molecule has 0 bridgehead atoms. The van der Waals surface area contributed by atoms with E-state index in [1.807, 2.05) is 0 Å². The highest BCUT2D eigenvalue weighted by Crippen LogP contribution is 2.41. The van der Waals surface area contributed by atoms with Gasteiger partial charge in [0.1, 0.15) is 11.4 Å². The molecule has 1 aromatic heterocycles. The maximum Gasteiger partial charge on any atom is 0.573 e. The Kier molecular flexibility index (Phi) is 6.28. The molecular formula is C24H15F6N3O4. The van der Waals surface area contributed by atoms with Crippen molar-refractivity contribution in [2.75, 3.05) is 0 Å². The fourth-order valence-corrected chi connectivity index (χ4v) is 3.67. The van der Waals surface area contributed by atoms with E-state index in [4.69, 9.17) is 0 Å². The molecule has 4 rings (SSSR count). The quantitative estimate of drug-likeness (QED) is 0.382. The first-order valence-corrected chi connectivity index (χ1v) is 10.4. The molecule has 2 heterocycles. The van der Waals surface area contributed by atoms with Gasteiger partial charge in [-0.05, 0) is 61.0 Å². The number of aryl methyl sites for hydroxylation is 1. The maximum atomic E-state index is 13.5. The summed E-state index contributed by atoms with van der Waals surface area (Å²) in [6, 6.07) is 9.76. The van der Waals surface area contributed by atoms with Crippen LogP contribution in [-0.2, 0) is 16.6 Å². The van der Waals surface area contributed by atoms with Crippen molar-refractivity contribution in [3.63, 3.8) is 0 Å². The number of carbonyl (C=O) groups excluding carboxylic acids is 2. The summed E-state index contributed by atoms with van der Waals surface area (Å²) in [7, 11) is 0. The number of ketones is 1. The third-order valence-electron chi connectivity index (χ3n) is 5.43. The number of nitrogens with one attached hydrogen (secondary N) is 1. The number of carbonyl (C=O) groups is 2. The van der Waals surface area contributed by atoms with Gasteiger partial charge in [-0.2, -0.15) is 23.4 Å². The van der Waals surface area contributed by atoms with Crippen molar-refractivity contribution >= 4 is 17.4 Å². The Balaban J connectivity index is 1.86. The Morgan fingerprint density at radius 3 is 2.05 bits per heavy atom. The molecule has 1 amide bonds. The van der Waals surface area contributed by atoms with Crippen LogP contribution in [0.5, 0.6) is 5.75 Å². The molecule has 1 atom stereocenters. The monoisotopic (exact) mass is 523 g/mol. The molecule has 1 unspecified atom stereocenters. The van der Waals surface area contributed by atoms with Crippen LogP contribution in [0, 0.1) is 6.92 Å². The first-order chi connectivity index (χ1) is 17.2. The highest BCUT2D eigenvalue weighted by molar-refractivity contribution is 6.22. The highest BCUT2D eigenvalue weighted by Gasteiger charge is 2.53. The lowest BCUT2D eigenvalue weighted by Crippen LogP contribution is -2.41. The summed E-state index contributed by atoms with van der Waals surface area (Å²) in [5.41, 5.74) is -4.83. The molecule has 2 N–H and O–H groups in total. The molecule has 0 saturated carbocycles. The van der Waals surface area contributed by atoms with Gasteiger partial charge in [0, 0.05) is 5.56 Å². The van der Waals surface area contributed by atoms with Crippen molar-refractivity contribution in [1.29, 1.82) is 0 Å². The van der Waals surface area contributed by atoms with Gasteiger partial charge >= 0.3 is 12.5 Å². The second-order valence-electron chi connectivity index (χ2n) is 7.95. The van der Waals surface area contributed by atoms with E-state index >= 15 is 0 Å². The van der Waals surface area contributed by atoms with Crippen molar-refractivity contribution in [3.8, 4) is 5.75 Å². The summed E-state index contributed by atoms with van der Waals surface area (Å²) in [6.07, 6.45) is -9.63. The van der Waals surface area contributed by atoms with E-state index in [0.717, 1.165) is 36.4 Å². The van der Waals surface area contributed by atoms with Gasteiger partial charge in [-0.3, -0.25) is 9.59 Å². The molecule has 3 aromatic rings. The topological polar surface area (TPSA) is 101 Å². The minimum Gasteiger partial charge on any atom is -0.406 e. The molecule has 192 valence electrons. The minimum absolute atomic E-state index is 0.00846. The first kappa shape index (κ1) is 25.8. The maximum absolute atomic E-state index is 13.5. The summed E-state index contributed by atoms with van der Waals surface area (Å²) in [4.78, 5) is 26.5. The van der Waals surface area contributed by atoms with Crippen LogP contribution in [0.2, 0.25) is 0 Å². The van der Waals surface area contributed by atoms with E-state index in [1.54, 1.807) is 6.92 Å². The number of nitrogens with zero attached hydrogens (tertiary/aromatic N) is 2. The molecule has 13 heteroatoms. The van der Waals surface area contributed by atoms with Crippen LogP contribution in [-0.4, -0.2) is 33.4 Å². The summed E-state index contributed by atoms with van der Waals surface area (Å²) in [6.45, 7) is 1.58. The number of Topliss-reactive ketones (excluding diaryl/α,β-unsaturated/α-hetero) is 1. The van der Waals surface area contributed by atoms with Crippen molar-refractivity contribution in [2.45, 2.75) is 25.1 Å². The normalized spacial score (nSPS) is 18.1. The van der Waals surface area contributed by atoms with Crippen molar-refractivity contribution < 1.29 is 45.8 Å². The van der Waals surface area contributed by atoms with E-state index in [0.29, 0.717) is 17.8 Å². The second-order valence-corrected chi connectivity index (χ2v) is 7.95. The molecule has 0 radical (unpaired) electrons. The van der Waals surface area contributed by atoms with E-state index in [2.05, 4.69) is 20.3 Å². The van der Waals surface area contributed by atoms with Gasteiger partial charge in [-0.15, -0.1) is 13.2 Å². The zero-order valence-corrected chi connectivity index (χ0v) is 18.6. The summed E-state index contributed by atoms with van der Waals surface area (Å²) in [5.74, 6) is -2.73. The molecule has 0 fully saturated rings. The molecule has 2 aromatic carbocycles. The zero-order valence-electron chi connectivity index (χ0n) is 18.6. The van der Waals surface area contributed by atoms with Crippen molar-refractivity contribution in [1.82, 2.24) is 15.5 Å². The summed E-state index contributed by atoms with van der Waals surface area (Å²) in [5, 5.41) is 21.4. The van der Waals surface area contributed by atoms with Gasteiger partial charge < -0.3 is 15.2 Å². The predicted octanol–water partition coefficient (Wildman–Crippen LogP) is 4.31.